The molecule has 0 heterocycles. The molecule has 1 atom stereocenters. The number of para-hydroxylation sites is 1. The number of anilines is 2. The van der Waals surface area contributed by atoms with Crippen molar-refractivity contribution in [2.24, 2.45) is 5.92 Å². The van der Waals surface area contributed by atoms with Crippen LogP contribution in [0.15, 0.2) is 18.2 Å². The monoisotopic (exact) mass is 378 g/mol. The van der Waals surface area contributed by atoms with Crippen LogP contribution < -0.4 is 16.4 Å². The Bertz CT molecular complexity index is 639. The molecule has 0 radical (unpaired) electrons. The Morgan fingerprint density at radius 1 is 1.26 bits per heavy atom. The van der Waals surface area contributed by atoms with Gasteiger partial charge in [0.25, 0.3) is 5.91 Å². The van der Waals surface area contributed by atoms with Crippen LogP contribution in [0.3, 0.4) is 0 Å². The van der Waals surface area contributed by atoms with Gasteiger partial charge >= 0.3 is 6.09 Å². The summed E-state index contributed by atoms with van der Waals surface area (Å²) < 4.78 is 5.21. The maximum absolute atomic E-state index is 12.3. The topological polar surface area (TPSA) is 96.7 Å². The molecule has 7 heteroatoms. The molecule has 1 aromatic carbocycles. The number of alkyl carbamates (subject to hydrolysis) is 1. The highest BCUT2D eigenvalue weighted by Gasteiger charge is 2.17. The number of nitrogens with zero attached hydrogens (tertiary/aromatic N) is 1. The fourth-order valence-electron chi connectivity index (χ4n) is 2.52. The molecular formula is C20H34N4O3. The normalized spacial score (nSPS) is 12.2. The predicted octanol–water partition coefficient (Wildman–Crippen LogP) is 3.32. The van der Waals surface area contributed by atoms with Gasteiger partial charge in [0.2, 0.25) is 0 Å². The lowest BCUT2D eigenvalue weighted by Gasteiger charge is -2.20. The van der Waals surface area contributed by atoms with Crippen molar-refractivity contribution in [1.82, 2.24) is 10.2 Å². The van der Waals surface area contributed by atoms with Crippen LogP contribution in [0, 0.1) is 5.92 Å². The minimum atomic E-state index is -0.487. The van der Waals surface area contributed by atoms with Gasteiger partial charge in [0.1, 0.15) is 5.60 Å². The number of hydrogen-bond donors (Lipinski definition) is 3. The van der Waals surface area contributed by atoms with Crippen molar-refractivity contribution in [3.05, 3.63) is 23.8 Å². The van der Waals surface area contributed by atoms with Crippen LogP contribution in [0.25, 0.3) is 0 Å². The third-order valence-electron chi connectivity index (χ3n) is 3.90. The molecule has 1 unspecified atom stereocenters. The second-order valence-corrected chi connectivity index (χ2v) is 8.03. The van der Waals surface area contributed by atoms with Crippen molar-refractivity contribution in [2.75, 3.05) is 38.2 Å². The standard InChI is InChI=1S/C20H34N4O3/c1-14(9-8-12-22-19(26)27-20(2,3)4)13-23-17-15(18(25)24(5)6)10-7-11-16(17)21/h7,10-11,14,23H,8-9,12-13,21H2,1-6H3,(H,22,26). The molecule has 2 amide bonds. The first-order chi connectivity index (χ1) is 12.5. The van der Waals surface area contributed by atoms with Gasteiger partial charge in [-0.25, -0.2) is 4.79 Å². The summed E-state index contributed by atoms with van der Waals surface area (Å²) in [5.74, 6) is 0.270. The Hall–Kier alpha value is -2.44. The molecule has 7 nitrogen and oxygen atoms in total. The molecule has 152 valence electrons. The molecule has 0 aliphatic heterocycles. The molecule has 0 bridgehead atoms. The van der Waals surface area contributed by atoms with Gasteiger partial charge < -0.3 is 26.0 Å². The molecule has 0 aliphatic carbocycles. The van der Waals surface area contributed by atoms with E-state index in [1.807, 2.05) is 20.8 Å². The molecule has 0 aliphatic rings. The first-order valence-electron chi connectivity index (χ1n) is 9.32. The maximum atomic E-state index is 12.3. The van der Waals surface area contributed by atoms with Crippen molar-refractivity contribution in [3.63, 3.8) is 0 Å². The number of nitrogen functional groups attached to an aromatic ring is 1. The molecule has 0 saturated carbocycles. The third-order valence-corrected chi connectivity index (χ3v) is 3.90. The van der Waals surface area contributed by atoms with Gasteiger partial charge in [0.15, 0.2) is 0 Å². The van der Waals surface area contributed by atoms with Crippen LogP contribution in [0.4, 0.5) is 16.2 Å². The van der Waals surface area contributed by atoms with Gasteiger partial charge in [-0.2, -0.15) is 0 Å². The molecule has 0 aromatic heterocycles. The van der Waals surface area contributed by atoms with Gasteiger partial charge in [0.05, 0.1) is 16.9 Å². The Labute approximate surface area is 162 Å². The number of benzene rings is 1. The zero-order chi connectivity index (χ0) is 20.6. The van der Waals surface area contributed by atoms with Crippen LogP contribution in [-0.4, -0.2) is 49.7 Å². The van der Waals surface area contributed by atoms with E-state index >= 15 is 0 Å². The molecule has 0 saturated heterocycles. The van der Waals surface area contributed by atoms with E-state index < -0.39 is 11.7 Å². The number of ether oxygens (including phenoxy) is 1. The summed E-state index contributed by atoms with van der Waals surface area (Å²) in [6.45, 7) is 8.89. The Balaban J connectivity index is 2.46. The second kappa shape index (κ2) is 10.0. The van der Waals surface area contributed by atoms with E-state index in [4.69, 9.17) is 10.5 Å². The number of carbonyl (C=O) groups excluding carboxylic acids is 2. The third kappa shape index (κ3) is 8.19. The average Bonchev–Trinajstić information content (AvgIpc) is 2.55. The summed E-state index contributed by atoms with van der Waals surface area (Å²) in [5.41, 5.74) is 7.37. The fourth-order valence-corrected chi connectivity index (χ4v) is 2.52. The van der Waals surface area contributed by atoms with Crippen LogP contribution in [0.2, 0.25) is 0 Å². The van der Waals surface area contributed by atoms with Crippen LogP contribution in [0.1, 0.15) is 50.9 Å². The van der Waals surface area contributed by atoms with Crippen molar-refractivity contribution in [3.8, 4) is 0 Å². The zero-order valence-electron chi connectivity index (χ0n) is 17.4. The summed E-state index contributed by atoms with van der Waals surface area (Å²) >= 11 is 0. The highest BCUT2D eigenvalue weighted by molar-refractivity contribution is 6.01. The quantitative estimate of drug-likeness (QED) is 0.476. The first kappa shape index (κ1) is 22.6. The number of rotatable bonds is 8. The first-order valence-corrected chi connectivity index (χ1v) is 9.32. The van der Waals surface area contributed by atoms with Crippen LogP contribution >= 0.6 is 0 Å². The van der Waals surface area contributed by atoms with E-state index in [1.165, 1.54) is 4.90 Å². The van der Waals surface area contributed by atoms with Crippen LogP contribution in [0.5, 0.6) is 0 Å². The molecule has 0 fully saturated rings. The number of nitrogens with one attached hydrogen (secondary N) is 2. The summed E-state index contributed by atoms with van der Waals surface area (Å²) in [7, 11) is 3.44. The second-order valence-electron chi connectivity index (χ2n) is 8.03. The van der Waals surface area contributed by atoms with Gasteiger partial charge in [-0.15, -0.1) is 0 Å². The van der Waals surface area contributed by atoms with Gasteiger partial charge in [-0.1, -0.05) is 13.0 Å². The minimum Gasteiger partial charge on any atom is -0.444 e. The SMILES string of the molecule is CC(CCCNC(=O)OC(C)(C)C)CNc1c(N)cccc1C(=O)N(C)C. The van der Waals surface area contributed by atoms with Crippen LogP contribution in [-0.2, 0) is 4.74 Å². The Kier molecular flexibility index (Phi) is 8.40. The summed E-state index contributed by atoms with van der Waals surface area (Å²) in [4.78, 5) is 25.5. The summed E-state index contributed by atoms with van der Waals surface area (Å²) in [5, 5.41) is 6.08. The highest BCUT2D eigenvalue weighted by atomic mass is 16.6. The fraction of sp³-hybridized carbons (Fsp3) is 0.600. The lowest BCUT2D eigenvalue weighted by Crippen LogP contribution is -2.33. The molecule has 0 spiro atoms. The number of carbonyl (C=O) groups is 2. The molecule has 1 rings (SSSR count). The highest BCUT2D eigenvalue weighted by Crippen LogP contribution is 2.25. The summed E-state index contributed by atoms with van der Waals surface area (Å²) in [6, 6.07) is 5.34. The van der Waals surface area contributed by atoms with Crippen molar-refractivity contribution in [1.29, 1.82) is 0 Å². The molecule has 1 aromatic rings. The largest absolute Gasteiger partial charge is 0.444 e. The predicted molar refractivity (Wildman–Crippen MR) is 110 cm³/mol. The van der Waals surface area contributed by atoms with E-state index in [0.717, 1.165) is 12.8 Å². The van der Waals surface area contributed by atoms with Gasteiger partial charge in [-0.3, -0.25) is 4.79 Å². The van der Waals surface area contributed by atoms with Gasteiger partial charge in [0, 0.05) is 27.2 Å². The number of nitrogens with two attached hydrogens (primary N) is 1. The summed E-state index contributed by atoms with van der Waals surface area (Å²) in [6.07, 6.45) is 1.37. The molecular weight excluding hydrogens is 344 g/mol. The molecule has 27 heavy (non-hydrogen) atoms. The van der Waals surface area contributed by atoms with Gasteiger partial charge in [-0.05, 0) is 51.7 Å². The van der Waals surface area contributed by atoms with Crippen molar-refractivity contribution < 1.29 is 14.3 Å². The Morgan fingerprint density at radius 3 is 2.52 bits per heavy atom. The van der Waals surface area contributed by atoms with E-state index in [9.17, 15) is 9.59 Å². The van der Waals surface area contributed by atoms with E-state index in [-0.39, 0.29) is 5.91 Å². The average molecular weight is 379 g/mol. The number of amides is 2. The van der Waals surface area contributed by atoms with E-state index in [1.54, 1.807) is 32.3 Å². The van der Waals surface area contributed by atoms with Crippen molar-refractivity contribution >= 4 is 23.4 Å². The molecule has 4 N–H and O–H groups in total. The zero-order valence-corrected chi connectivity index (χ0v) is 17.4. The lowest BCUT2D eigenvalue weighted by atomic mass is 10.0. The smallest absolute Gasteiger partial charge is 0.407 e. The Morgan fingerprint density at radius 2 is 1.93 bits per heavy atom. The van der Waals surface area contributed by atoms with E-state index in [2.05, 4.69) is 17.6 Å². The van der Waals surface area contributed by atoms with Crippen molar-refractivity contribution in [2.45, 2.75) is 46.1 Å². The van der Waals surface area contributed by atoms with E-state index in [0.29, 0.717) is 35.9 Å². The maximum Gasteiger partial charge on any atom is 0.407 e. The number of hydrogen-bond acceptors (Lipinski definition) is 5. The lowest BCUT2D eigenvalue weighted by molar-refractivity contribution is 0.0526. The minimum absolute atomic E-state index is 0.0842.